The number of carboxylic acid groups (broad SMARTS) is 1. The van der Waals surface area contributed by atoms with Crippen LogP contribution in [0, 0.1) is 17.8 Å². The third-order valence-corrected chi connectivity index (χ3v) is 7.26. The Kier molecular flexibility index (Phi) is 8.67. The van der Waals surface area contributed by atoms with E-state index in [1.54, 1.807) is 29.1 Å². The molecule has 4 atom stereocenters. The lowest BCUT2D eigenvalue weighted by Gasteiger charge is -2.50. The number of amides is 4. The highest BCUT2D eigenvalue weighted by Crippen LogP contribution is 2.40. The van der Waals surface area contributed by atoms with E-state index in [9.17, 15) is 29.1 Å². The van der Waals surface area contributed by atoms with Crippen molar-refractivity contribution in [3.8, 4) is 12.3 Å². The van der Waals surface area contributed by atoms with Crippen molar-refractivity contribution in [1.82, 2.24) is 15.5 Å². The number of aliphatic carboxylic acids is 1. The summed E-state index contributed by atoms with van der Waals surface area (Å²) in [6.07, 6.45) is 7.93. The van der Waals surface area contributed by atoms with Gasteiger partial charge < -0.3 is 30.6 Å². The van der Waals surface area contributed by atoms with Gasteiger partial charge in [-0.15, -0.1) is 18.2 Å². The van der Waals surface area contributed by atoms with Gasteiger partial charge in [0.2, 0.25) is 12.8 Å². The topological polar surface area (TPSA) is 209 Å². The monoisotopic (exact) mass is 566 g/mol. The number of nitrogens with zero attached hydrogens (tertiary/aromatic N) is 4. The third kappa shape index (κ3) is 5.75. The van der Waals surface area contributed by atoms with Gasteiger partial charge in [-0.1, -0.05) is 5.92 Å². The smallest absolute Gasteiger partial charge is 0.257 e. The van der Waals surface area contributed by atoms with Crippen LogP contribution in [0.2, 0.25) is 0 Å². The molecule has 4 rings (SSSR count). The Morgan fingerprint density at radius 1 is 1.40 bits per heavy atom. The van der Waals surface area contributed by atoms with Crippen LogP contribution in [0.4, 0.5) is 5.69 Å². The molecule has 3 unspecified atom stereocenters. The summed E-state index contributed by atoms with van der Waals surface area (Å²) in [5, 5.41) is 26.5. The molecule has 3 aliphatic rings. The van der Waals surface area contributed by atoms with Crippen molar-refractivity contribution in [2.24, 2.45) is 9.98 Å². The van der Waals surface area contributed by atoms with Crippen LogP contribution >= 0.6 is 11.8 Å². The Hall–Kier alpha value is -4.88. The molecule has 4 N–H and O–H groups in total. The highest BCUT2D eigenvalue weighted by atomic mass is 32.2. The summed E-state index contributed by atoms with van der Waals surface area (Å²) in [5.41, 5.74) is 0.488. The molecular formula is C24H22N8O7S. The number of hydrogen-bond acceptors (Lipinski definition) is 11. The summed E-state index contributed by atoms with van der Waals surface area (Å²) in [6, 6.07) is 2.24. The van der Waals surface area contributed by atoms with Crippen molar-refractivity contribution in [2.75, 3.05) is 17.7 Å². The first kappa shape index (κ1) is 28.1. The van der Waals surface area contributed by atoms with Gasteiger partial charge >= 0.3 is 0 Å². The van der Waals surface area contributed by atoms with Gasteiger partial charge in [0.25, 0.3) is 11.8 Å². The molecule has 15 nitrogen and oxygen atoms in total. The van der Waals surface area contributed by atoms with Crippen molar-refractivity contribution >= 4 is 65.8 Å². The molecule has 4 amide bonds. The number of anilines is 1. The standard InChI is InChI=1S/C24H22N8O7S/c1-2-6-39-18(20-26-7-15(25)19(30-20)28-12-34)21(35)29-16-22(36)32-17(24(37)38)13(10-40-23(16)32)8-31-5-3-4-14(9-31)27-11-33/h1,3-5,7,9,11-12,16,18-19,23,25H,6,8,10H2,(H3-,27,28,29,33,34,35,37,38)/t16?,18?,19?,23-/m1/s1. The predicted molar refractivity (Wildman–Crippen MR) is 139 cm³/mol. The minimum Gasteiger partial charge on any atom is -0.543 e. The summed E-state index contributed by atoms with van der Waals surface area (Å²) in [5.74, 6) is -0.765. The summed E-state index contributed by atoms with van der Waals surface area (Å²) in [6.45, 7) is -0.191. The number of carbonyl (C=O) groups excluding carboxylic acids is 5. The molecule has 4 heterocycles. The number of β-lactam (4-membered cyclic amide) rings is 1. The average Bonchev–Trinajstić information content (AvgIpc) is 2.93. The molecule has 0 aromatic carbocycles. The fraction of sp³-hybridized carbons (Fsp3) is 0.292. The SMILES string of the molecule is C#CCOC(C(=O)NC1C(=O)N2C(C(=O)[O-])=C(C[n+]3cccc(NC=O)c3)CS[C@H]12)C1=NC(NC=O)C(=N)C=N1. The van der Waals surface area contributed by atoms with Crippen LogP contribution in [-0.4, -0.2) is 89.3 Å². The van der Waals surface area contributed by atoms with Crippen LogP contribution in [0.5, 0.6) is 0 Å². The third-order valence-electron chi connectivity index (χ3n) is 5.92. The molecule has 40 heavy (non-hydrogen) atoms. The molecule has 0 saturated carbocycles. The van der Waals surface area contributed by atoms with Gasteiger partial charge in [-0.3, -0.25) is 29.5 Å². The van der Waals surface area contributed by atoms with Gasteiger partial charge in [-0.25, -0.2) is 9.98 Å². The molecule has 16 heteroatoms. The van der Waals surface area contributed by atoms with E-state index in [-0.39, 0.29) is 36.1 Å². The molecule has 1 saturated heterocycles. The summed E-state index contributed by atoms with van der Waals surface area (Å²) < 4.78 is 7.06. The zero-order chi connectivity index (χ0) is 28.8. The molecule has 0 aliphatic carbocycles. The van der Waals surface area contributed by atoms with Gasteiger partial charge in [0.1, 0.15) is 23.7 Å². The molecule has 1 aromatic heterocycles. The van der Waals surface area contributed by atoms with Crippen LogP contribution in [0.3, 0.4) is 0 Å². The number of hydrogen-bond donors (Lipinski definition) is 4. The van der Waals surface area contributed by atoms with Crippen LogP contribution in [0.1, 0.15) is 0 Å². The first-order valence-corrected chi connectivity index (χ1v) is 12.7. The highest BCUT2D eigenvalue weighted by Gasteiger charge is 2.53. The first-order valence-electron chi connectivity index (χ1n) is 11.6. The quantitative estimate of drug-likeness (QED) is 0.0863. The van der Waals surface area contributed by atoms with Gasteiger partial charge in [0.15, 0.2) is 37.0 Å². The summed E-state index contributed by atoms with van der Waals surface area (Å²) in [7, 11) is 0. The van der Waals surface area contributed by atoms with E-state index in [0.29, 0.717) is 24.1 Å². The van der Waals surface area contributed by atoms with Gasteiger partial charge in [-0.2, -0.15) is 4.57 Å². The molecule has 1 aromatic rings. The van der Waals surface area contributed by atoms with Crippen molar-refractivity contribution in [3.63, 3.8) is 0 Å². The lowest BCUT2D eigenvalue weighted by Crippen LogP contribution is -2.72. The van der Waals surface area contributed by atoms with Gasteiger partial charge in [0.05, 0.1) is 23.6 Å². The maximum Gasteiger partial charge on any atom is 0.257 e. The molecule has 0 bridgehead atoms. The van der Waals surface area contributed by atoms with Gasteiger partial charge in [-0.05, 0) is 6.07 Å². The predicted octanol–water partition coefficient (Wildman–Crippen LogP) is -3.46. The van der Waals surface area contributed by atoms with Crippen molar-refractivity contribution in [1.29, 1.82) is 5.41 Å². The van der Waals surface area contributed by atoms with E-state index in [1.807, 2.05) is 0 Å². The second-order valence-electron chi connectivity index (χ2n) is 8.45. The largest absolute Gasteiger partial charge is 0.543 e. The molecule has 3 aliphatic heterocycles. The maximum atomic E-state index is 13.2. The van der Waals surface area contributed by atoms with E-state index in [2.05, 4.69) is 31.9 Å². The number of fused-ring (bicyclic) bond motifs is 1. The Labute approximate surface area is 231 Å². The Morgan fingerprint density at radius 3 is 2.90 bits per heavy atom. The molecule has 0 radical (unpaired) electrons. The normalized spacial score (nSPS) is 22.2. The lowest BCUT2D eigenvalue weighted by molar-refractivity contribution is -0.688. The minimum atomic E-state index is -1.54. The first-order chi connectivity index (χ1) is 19.3. The van der Waals surface area contributed by atoms with E-state index in [4.69, 9.17) is 16.6 Å². The van der Waals surface area contributed by atoms with E-state index >= 15 is 0 Å². The lowest BCUT2D eigenvalue weighted by atomic mass is 10.0. The number of rotatable bonds is 12. The molecule has 0 spiro atoms. The van der Waals surface area contributed by atoms with E-state index in [1.165, 1.54) is 11.8 Å². The van der Waals surface area contributed by atoms with Crippen LogP contribution in [0.25, 0.3) is 0 Å². The maximum absolute atomic E-state index is 13.2. The average molecular weight is 567 g/mol. The second-order valence-corrected chi connectivity index (χ2v) is 9.55. The minimum absolute atomic E-state index is 0.114. The van der Waals surface area contributed by atoms with Gasteiger partial charge in [0, 0.05) is 17.4 Å². The second kappa shape index (κ2) is 12.3. The zero-order valence-corrected chi connectivity index (χ0v) is 21.4. The molecule has 206 valence electrons. The Morgan fingerprint density at radius 2 is 2.20 bits per heavy atom. The number of aliphatic imine (C=N–C) groups is 2. The fourth-order valence-corrected chi connectivity index (χ4v) is 5.52. The summed E-state index contributed by atoms with van der Waals surface area (Å²) >= 11 is 1.25. The van der Waals surface area contributed by atoms with Crippen molar-refractivity contribution in [2.45, 2.75) is 30.2 Å². The van der Waals surface area contributed by atoms with Crippen LogP contribution in [0.15, 0.2) is 45.8 Å². The van der Waals surface area contributed by atoms with Crippen LogP contribution < -0.4 is 25.6 Å². The number of carbonyl (C=O) groups is 5. The van der Waals surface area contributed by atoms with E-state index in [0.717, 1.165) is 11.1 Å². The van der Waals surface area contributed by atoms with E-state index < -0.39 is 41.5 Å². The number of aromatic nitrogens is 1. The Balaban J connectivity index is 1.52. The number of thioether (sulfide) groups is 1. The number of terminal acetylenes is 1. The number of carboxylic acids is 1. The molecular weight excluding hydrogens is 544 g/mol. The van der Waals surface area contributed by atoms with Crippen molar-refractivity contribution < 1.29 is 38.4 Å². The number of amidine groups is 1. The zero-order valence-electron chi connectivity index (χ0n) is 20.6. The molecule has 1 fully saturated rings. The Bertz CT molecular complexity index is 1400. The number of nitrogens with one attached hydrogen (secondary N) is 4. The number of pyridine rings is 1. The van der Waals surface area contributed by atoms with Crippen LogP contribution in [-0.2, 0) is 35.3 Å². The highest BCUT2D eigenvalue weighted by molar-refractivity contribution is 8.00. The fourth-order valence-electron chi connectivity index (χ4n) is 4.18. The number of ether oxygens (including phenoxy) is 1. The summed E-state index contributed by atoms with van der Waals surface area (Å²) in [4.78, 5) is 69.0. The van der Waals surface area contributed by atoms with Crippen molar-refractivity contribution in [3.05, 3.63) is 35.8 Å².